The average molecular weight is 514 g/mol. The third kappa shape index (κ3) is 6.29. The van der Waals surface area contributed by atoms with E-state index in [1.807, 2.05) is 48.0 Å². The number of hydrogen-bond donors (Lipinski definition) is 3. The van der Waals surface area contributed by atoms with Crippen LogP contribution in [0.1, 0.15) is 27.7 Å². The van der Waals surface area contributed by atoms with Crippen LogP contribution >= 0.6 is 23.7 Å². The Bertz CT molecular complexity index is 1330. The van der Waals surface area contributed by atoms with Gasteiger partial charge in [-0.25, -0.2) is 9.98 Å². The van der Waals surface area contributed by atoms with E-state index in [0.29, 0.717) is 12.4 Å². The maximum atomic E-state index is 6.10. The van der Waals surface area contributed by atoms with Crippen LogP contribution in [0.2, 0.25) is 0 Å². The van der Waals surface area contributed by atoms with E-state index in [0.717, 1.165) is 34.2 Å². The highest BCUT2D eigenvalue weighted by molar-refractivity contribution is 7.12. The molecule has 3 aromatic carbocycles. The highest BCUT2D eigenvalue weighted by atomic mass is 35.5. The van der Waals surface area contributed by atoms with Gasteiger partial charge in [0.1, 0.15) is 11.7 Å². The van der Waals surface area contributed by atoms with Crippen LogP contribution in [-0.2, 0) is 6.54 Å². The molecule has 0 fully saturated rings. The number of nitrogens with two attached hydrogens (primary N) is 1. The van der Waals surface area contributed by atoms with Crippen molar-refractivity contribution < 1.29 is 0 Å². The molecule has 0 amide bonds. The van der Waals surface area contributed by atoms with Crippen molar-refractivity contribution >= 4 is 35.3 Å². The SMILES string of the molecule is Cl.NC(=Nc1ccc(-c2cnc(CNCC(c3ccccc3)c3ccccc3)[nH]2)cc1)c1cccs1. The number of nitrogens with zero attached hydrogens (tertiary/aromatic N) is 2. The number of halogens is 1. The molecule has 0 atom stereocenters. The summed E-state index contributed by atoms with van der Waals surface area (Å²) in [6.07, 6.45) is 1.88. The number of thiophene rings is 1. The number of aliphatic imine (C=N–C) groups is 1. The summed E-state index contributed by atoms with van der Waals surface area (Å²) in [6.45, 7) is 1.48. The molecule has 0 bridgehead atoms. The Kier molecular flexibility index (Phi) is 8.68. The zero-order chi connectivity index (χ0) is 23.9. The number of amidine groups is 1. The molecule has 0 saturated heterocycles. The van der Waals surface area contributed by atoms with Crippen molar-refractivity contribution in [1.82, 2.24) is 15.3 Å². The summed E-state index contributed by atoms with van der Waals surface area (Å²) in [5.74, 6) is 1.72. The number of H-pyrrole nitrogens is 1. The summed E-state index contributed by atoms with van der Waals surface area (Å²) in [7, 11) is 0. The largest absolute Gasteiger partial charge is 0.383 e. The van der Waals surface area contributed by atoms with Crippen LogP contribution in [0.4, 0.5) is 5.69 Å². The second kappa shape index (κ2) is 12.3. The molecule has 5 rings (SSSR count). The van der Waals surface area contributed by atoms with Crippen LogP contribution in [0.15, 0.2) is 114 Å². The molecule has 2 aromatic heterocycles. The van der Waals surface area contributed by atoms with Crippen molar-refractivity contribution in [3.05, 3.63) is 130 Å². The monoisotopic (exact) mass is 513 g/mol. The van der Waals surface area contributed by atoms with E-state index >= 15 is 0 Å². The van der Waals surface area contributed by atoms with Crippen LogP contribution in [0.5, 0.6) is 0 Å². The Morgan fingerprint density at radius 1 is 0.889 bits per heavy atom. The molecule has 0 unspecified atom stereocenters. The summed E-state index contributed by atoms with van der Waals surface area (Å²) < 4.78 is 0. The molecule has 0 saturated carbocycles. The fourth-order valence-corrected chi connectivity index (χ4v) is 4.69. The molecule has 0 aliphatic heterocycles. The van der Waals surface area contributed by atoms with Gasteiger partial charge in [0.15, 0.2) is 0 Å². The van der Waals surface area contributed by atoms with Gasteiger partial charge in [0, 0.05) is 12.5 Å². The number of rotatable bonds is 9. The Morgan fingerprint density at radius 2 is 1.56 bits per heavy atom. The molecule has 36 heavy (non-hydrogen) atoms. The van der Waals surface area contributed by atoms with Gasteiger partial charge in [-0.1, -0.05) is 78.9 Å². The topological polar surface area (TPSA) is 79.1 Å². The number of nitrogens with one attached hydrogen (secondary N) is 2. The van der Waals surface area contributed by atoms with Crippen molar-refractivity contribution in [2.45, 2.75) is 12.5 Å². The van der Waals surface area contributed by atoms with E-state index in [-0.39, 0.29) is 18.3 Å². The van der Waals surface area contributed by atoms with Crippen LogP contribution in [0.25, 0.3) is 11.3 Å². The van der Waals surface area contributed by atoms with E-state index in [1.54, 1.807) is 11.3 Å². The molecule has 0 aliphatic carbocycles. The highest BCUT2D eigenvalue weighted by Gasteiger charge is 2.14. The van der Waals surface area contributed by atoms with E-state index in [4.69, 9.17) is 5.73 Å². The van der Waals surface area contributed by atoms with Gasteiger partial charge in [-0.2, -0.15) is 0 Å². The molecule has 0 spiro atoms. The van der Waals surface area contributed by atoms with Gasteiger partial charge in [-0.15, -0.1) is 23.7 Å². The first-order valence-corrected chi connectivity index (χ1v) is 12.5. The lowest BCUT2D eigenvalue weighted by Crippen LogP contribution is -2.22. The molecule has 4 N–H and O–H groups in total. The first-order valence-electron chi connectivity index (χ1n) is 11.6. The Labute approximate surface area is 221 Å². The van der Waals surface area contributed by atoms with Crippen LogP contribution < -0.4 is 11.1 Å². The van der Waals surface area contributed by atoms with Gasteiger partial charge < -0.3 is 16.0 Å². The van der Waals surface area contributed by atoms with E-state index < -0.39 is 0 Å². The molecule has 182 valence electrons. The zero-order valence-corrected chi connectivity index (χ0v) is 21.3. The molecule has 7 heteroatoms. The molecule has 0 radical (unpaired) electrons. The third-order valence-corrected chi connectivity index (χ3v) is 6.77. The minimum atomic E-state index is 0. The van der Waals surface area contributed by atoms with Gasteiger partial charge in [-0.3, -0.25) is 0 Å². The van der Waals surface area contributed by atoms with Crippen LogP contribution in [-0.4, -0.2) is 22.3 Å². The standard InChI is InChI=1S/C29H27N5S.ClH/c30-29(27-12-7-17-35-27)33-24-15-13-23(14-16-24)26-19-32-28(34-26)20-31-18-25(21-8-3-1-4-9-21)22-10-5-2-6-11-22;/h1-17,19,25,31H,18,20H2,(H2,30,33)(H,32,34);1H. The van der Waals surface area contributed by atoms with Crippen LogP contribution in [0, 0.1) is 0 Å². The van der Waals surface area contributed by atoms with E-state index in [2.05, 4.69) is 80.9 Å². The number of hydrogen-bond acceptors (Lipinski definition) is 4. The summed E-state index contributed by atoms with van der Waals surface area (Å²) >= 11 is 1.58. The molecular weight excluding hydrogens is 486 g/mol. The lowest BCUT2D eigenvalue weighted by Gasteiger charge is -2.18. The maximum Gasteiger partial charge on any atom is 0.141 e. The number of benzene rings is 3. The fraction of sp³-hybridized carbons (Fsp3) is 0.103. The van der Waals surface area contributed by atoms with Crippen molar-refractivity contribution in [3.8, 4) is 11.3 Å². The Hall–Kier alpha value is -3.71. The second-order valence-corrected chi connectivity index (χ2v) is 9.22. The molecule has 5 aromatic rings. The van der Waals surface area contributed by atoms with Gasteiger partial charge in [-0.05, 0) is 40.3 Å². The van der Waals surface area contributed by atoms with Crippen LogP contribution in [0.3, 0.4) is 0 Å². The summed E-state index contributed by atoms with van der Waals surface area (Å²) in [4.78, 5) is 13.5. The summed E-state index contributed by atoms with van der Waals surface area (Å²) in [5, 5.41) is 5.58. The van der Waals surface area contributed by atoms with Crippen molar-refractivity contribution in [3.63, 3.8) is 0 Å². The predicted octanol–water partition coefficient (Wildman–Crippen LogP) is 6.52. The smallest absolute Gasteiger partial charge is 0.141 e. The Morgan fingerprint density at radius 3 is 2.17 bits per heavy atom. The number of imidazole rings is 1. The average Bonchev–Trinajstić information content (AvgIpc) is 3.61. The van der Waals surface area contributed by atoms with E-state index in [1.165, 1.54) is 11.1 Å². The van der Waals surface area contributed by atoms with Crippen molar-refractivity contribution in [2.24, 2.45) is 10.7 Å². The first kappa shape index (κ1) is 25.4. The maximum absolute atomic E-state index is 6.10. The summed E-state index contributed by atoms with van der Waals surface area (Å²) in [6, 6.07) is 33.2. The predicted molar refractivity (Wildman–Crippen MR) is 152 cm³/mol. The molecular formula is C29H28ClN5S. The molecule has 5 nitrogen and oxygen atoms in total. The Balaban J connectivity index is 0.00000304. The minimum Gasteiger partial charge on any atom is -0.383 e. The van der Waals surface area contributed by atoms with Crippen molar-refractivity contribution in [2.75, 3.05) is 6.54 Å². The quantitative estimate of drug-likeness (QED) is 0.155. The molecule has 0 aliphatic rings. The van der Waals surface area contributed by atoms with Gasteiger partial charge in [0.2, 0.25) is 0 Å². The lowest BCUT2D eigenvalue weighted by molar-refractivity contribution is 0.621. The van der Waals surface area contributed by atoms with Crippen molar-refractivity contribution in [1.29, 1.82) is 0 Å². The minimum absolute atomic E-state index is 0. The first-order chi connectivity index (χ1) is 17.3. The van der Waals surface area contributed by atoms with E-state index in [9.17, 15) is 0 Å². The number of aromatic amines is 1. The van der Waals surface area contributed by atoms with Gasteiger partial charge in [0.05, 0.1) is 29.0 Å². The zero-order valence-electron chi connectivity index (χ0n) is 19.7. The second-order valence-electron chi connectivity index (χ2n) is 8.27. The lowest BCUT2D eigenvalue weighted by atomic mass is 9.91. The van der Waals surface area contributed by atoms with Gasteiger partial charge in [0.25, 0.3) is 0 Å². The normalized spacial score (nSPS) is 11.4. The third-order valence-electron chi connectivity index (χ3n) is 5.87. The highest BCUT2D eigenvalue weighted by Crippen LogP contribution is 2.24. The number of aromatic nitrogens is 2. The summed E-state index contributed by atoms with van der Waals surface area (Å²) in [5.41, 5.74) is 11.6. The fourth-order valence-electron chi connectivity index (χ4n) is 4.07. The molecule has 2 heterocycles. The van der Waals surface area contributed by atoms with Gasteiger partial charge >= 0.3 is 0 Å².